The van der Waals surface area contributed by atoms with Crippen molar-refractivity contribution in [1.82, 2.24) is 24.6 Å². The summed E-state index contributed by atoms with van der Waals surface area (Å²) in [6.45, 7) is 0.566. The minimum atomic E-state index is -0.141. The lowest BCUT2D eigenvalue weighted by Gasteiger charge is -2.15. The fourth-order valence-electron chi connectivity index (χ4n) is 3.46. The van der Waals surface area contributed by atoms with Crippen LogP contribution in [0.5, 0.6) is 5.75 Å². The summed E-state index contributed by atoms with van der Waals surface area (Å²) in [6.07, 6.45) is 2.14. The highest BCUT2D eigenvalue weighted by molar-refractivity contribution is 5.98. The number of benzene rings is 1. The van der Waals surface area contributed by atoms with Gasteiger partial charge in [-0.05, 0) is 37.1 Å². The standard InChI is InChI=1S/C18H21N5O3/c1-22-18(25)23-8-7-12(3-6-16(23)21-22)19-17(24)15-10-11-9-13(26-2)4-5-14(11)20-15/h4-5,9-10,12,20H,3,6-8H2,1-2H3,(H,19,24). The summed E-state index contributed by atoms with van der Waals surface area (Å²) in [5.41, 5.74) is 1.31. The highest BCUT2D eigenvalue weighted by atomic mass is 16.5. The predicted octanol–water partition coefficient (Wildman–Crippen LogP) is 1.21. The summed E-state index contributed by atoms with van der Waals surface area (Å²) in [4.78, 5) is 27.8. The molecule has 8 nitrogen and oxygen atoms in total. The van der Waals surface area contributed by atoms with Gasteiger partial charge in [0, 0.05) is 37.0 Å². The van der Waals surface area contributed by atoms with Crippen molar-refractivity contribution < 1.29 is 9.53 Å². The third-order valence-electron chi connectivity index (χ3n) is 4.91. The molecule has 4 rings (SSSR count). The average Bonchev–Trinajstić information content (AvgIpc) is 3.11. The van der Waals surface area contributed by atoms with Crippen LogP contribution in [0, 0.1) is 0 Å². The normalized spacial score (nSPS) is 16.9. The summed E-state index contributed by atoms with van der Waals surface area (Å²) in [7, 11) is 3.28. The molecule has 0 saturated carbocycles. The minimum Gasteiger partial charge on any atom is -0.497 e. The van der Waals surface area contributed by atoms with E-state index in [0.717, 1.165) is 28.9 Å². The van der Waals surface area contributed by atoms with E-state index in [0.29, 0.717) is 25.1 Å². The molecule has 0 bridgehead atoms. The van der Waals surface area contributed by atoms with Gasteiger partial charge in [-0.25, -0.2) is 9.48 Å². The highest BCUT2D eigenvalue weighted by Crippen LogP contribution is 2.21. The van der Waals surface area contributed by atoms with Crippen LogP contribution in [0.4, 0.5) is 0 Å². The number of aromatic nitrogens is 4. The van der Waals surface area contributed by atoms with Crippen molar-refractivity contribution in [3.8, 4) is 5.75 Å². The summed E-state index contributed by atoms with van der Waals surface area (Å²) in [6, 6.07) is 7.47. The first-order valence-corrected chi connectivity index (χ1v) is 8.65. The Morgan fingerprint density at radius 1 is 1.35 bits per heavy atom. The fourth-order valence-corrected chi connectivity index (χ4v) is 3.46. The van der Waals surface area contributed by atoms with Crippen molar-refractivity contribution in [2.45, 2.75) is 31.8 Å². The van der Waals surface area contributed by atoms with Crippen LogP contribution in [-0.2, 0) is 20.0 Å². The Hall–Kier alpha value is -3.03. The molecule has 0 radical (unpaired) electrons. The first kappa shape index (κ1) is 16.4. The van der Waals surface area contributed by atoms with E-state index >= 15 is 0 Å². The molecule has 0 saturated heterocycles. The largest absolute Gasteiger partial charge is 0.497 e. The van der Waals surface area contributed by atoms with Crippen LogP contribution in [0.2, 0.25) is 0 Å². The Kier molecular flexibility index (Phi) is 4.02. The maximum absolute atomic E-state index is 12.6. The lowest BCUT2D eigenvalue weighted by atomic mass is 10.1. The molecule has 1 aromatic carbocycles. The molecule has 26 heavy (non-hydrogen) atoms. The van der Waals surface area contributed by atoms with Gasteiger partial charge in [-0.15, -0.1) is 0 Å². The van der Waals surface area contributed by atoms with Crippen molar-refractivity contribution in [2.24, 2.45) is 7.05 Å². The number of carbonyl (C=O) groups excluding carboxylic acids is 1. The number of hydrogen-bond acceptors (Lipinski definition) is 4. The number of amides is 1. The monoisotopic (exact) mass is 355 g/mol. The second-order valence-electron chi connectivity index (χ2n) is 6.61. The number of nitrogens with one attached hydrogen (secondary N) is 2. The molecule has 2 aromatic heterocycles. The van der Waals surface area contributed by atoms with Crippen LogP contribution in [0.3, 0.4) is 0 Å². The van der Waals surface area contributed by atoms with E-state index in [1.54, 1.807) is 18.7 Å². The SMILES string of the molecule is COc1ccc2[nH]c(C(=O)NC3CCc4nn(C)c(=O)n4CC3)cc2c1. The molecular weight excluding hydrogens is 334 g/mol. The topological polar surface area (TPSA) is 93.9 Å². The van der Waals surface area contributed by atoms with Crippen LogP contribution >= 0.6 is 0 Å². The molecule has 3 aromatic rings. The van der Waals surface area contributed by atoms with Gasteiger partial charge in [-0.3, -0.25) is 9.36 Å². The summed E-state index contributed by atoms with van der Waals surface area (Å²) < 4.78 is 8.28. The lowest BCUT2D eigenvalue weighted by Crippen LogP contribution is -2.35. The molecule has 2 N–H and O–H groups in total. The van der Waals surface area contributed by atoms with Gasteiger partial charge in [-0.1, -0.05) is 0 Å². The zero-order valence-corrected chi connectivity index (χ0v) is 14.8. The number of hydrogen-bond donors (Lipinski definition) is 2. The van der Waals surface area contributed by atoms with E-state index in [1.807, 2.05) is 24.3 Å². The van der Waals surface area contributed by atoms with Crippen molar-refractivity contribution >= 4 is 16.8 Å². The first-order valence-electron chi connectivity index (χ1n) is 8.65. The molecule has 8 heteroatoms. The van der Waals surface area contributed by atoms with Crippen LogP contribution in [0.25, 0.3) is 10.9 Å². The molecule has 1 unspecified atom stereocenters. The molecule has 1 aliphatic rings. The van der Waals surface area contributed by atoms with Crippen LogP contribution < -0.4 is 15.7 Å². The summed E-state index contributed by atoms with van der Waals surface area (Å²) in [5, 5.41) is 8.27. The van der Waals surface area contributed by atoms with Crippen LogP contribution in [0.15, 0.2) is 29.1 Å². The number of carbonyl (C=O) groups is 1. The van der Waals surface area contributed by atoms with Crippen molar-refractivity contribution in [1.29, 1.82) is 0 Å². The van der Waals surface area contributed by atoms with E-state index in [9.17, 15) is 9.59 Å². The third kappa shape index (κ3) is 2.87. The molecule has 1 aliphatic heterocycles. The highest BCUT2D eigenvalue weighted by Gasteiger charge is 2.22. The van der Waals surface area contributed by atoms with Gasteiger partial charge in [0.25, 0.3) is 5.91 Å². The molecule has 1 amide bonds. The number of rotatable bonds is 3. The average molecular weight is 355 g/mol. The van der Waals surface area contributed by atoms with E-state index < -0.39 is 0 Å². The van der Waals surface area contributed by atoms with Gasteiger partial charge in [0.1, 0.15) is 17.3 Å². The number of ether oxygens (including phenoxy) is 1. The quantitative estimate of drug-likeness (QED) is 0.738. The van der Waals surface area contributed by atoms with Crippen LogP contribution in [0.1, 0.15) is 29.2 Å². The number of aromatic amines is 1. The number of H-pyrrole nitrogens is 1. The van der Waals surface area contributed by atoms with E-state index in [1.165, 1.54) is 4.68 Å². The Bertz CT molecular complexity index is 1030. The Morgan fingerprint density at radius 3 is 3.00 bits per heavy atom. The predicted molar refractivity (Wildman–Crippen MR) is 96.5 cm³/mol. The zero-order valence-electron chi connectivity index (χ0n) is 14.8. The molecule has 3 heterocycles. The van der Waals surface area contributed by atoms with Crippen molar-refractivity contribution in [3.05, 3.63) is 46.3 Å². The number of methoxy groups -OCH3 is 1. The second kappa shape index (κ2) is 6.36. The number of nitrogens with zero attached hydrogens (tertiary/aromatic N) is 3. The second-order valence-corrected chi connectivity index (χ2v) is 6.61. The van der Waals surface area contributed by atoms with Gasteiger partial charge < -0.3 is 15.0 Å². The van der Waals surface area contributed by atoms with Crippen molar-refractivity contribution in [3.63, 3.8) is 0 Å². The Balaban J connectivity index is 1.47. The van der Waals surface area contributed by atoms with Gasteiger partial charge in [0.05, 0.1) is 7.11 Å². The number of fused-ring (bicyclic) bond motifs is 2. The van der Waals surface area contributed by atoms with Crippen LogP contribution in [-0.4, -0.2) is 38.4 Å². The van der Waals surface area contributed by atoms with Gasteiger partial charge in [-0.2, -0.15) is 5.10 Å². The maximum Gasteiger partial charge on any atom is 0.345 e. The van der Waals surface area contributed by atoms with Gasteiger partial charge >= 0.3 is 5.69 Å². The Labute approximate surface area is 149 Å². The number of aryl methyl sites for hydroxylation is 2. The Morgan fingerprint density at radius 2 is 2.19 bits per heavy atom. The third-order valence-corrected chi connectivity index (χ3v) is 4.91. The molecule has 136 valence electrons. The molecule has 0 spiro atoms. The summed E-state index contributed by atoms with van der Waals surface area (Å²) in [5.74, 6) is 1.40. The summed E-state index contributed by atoms with van der Waals surface area (Å²) >= 11 is 0. The van der Waals surface area contributed by atoms with Gasteiger partial charge in [0.2, 0.25) is 0 Å². The molecule has 0 aliphatic carbocycles. The van der Waals surface area contributed by atoms with E-state index in [2.05, 4.69) is 15.4 Å². The maximum atomic E-state index is 12.6. The van der Waals surface area contributed by atoms with E-state index in [-0.39, 0.29) is 17.6 Å². The van der Waals surface area contributed by atoms with E-state index in [4.69, 9.17) is 4.74 Å². The molecular formula is C18H21N5O3. The smallest absolute Gasteiger partial charge is 0.345 e. The lowest BCUT2D eigenvalue weighted by molar-refractivity contribution is 0.0928. The fraction of sp³-hybridized carbons (Fsp3) is 0.389. The molecule has 0 fully saturated rings. The molecule has 1 atom stereocenters. The minimum absolute atomic E-state index is 0.00912. The first-order chi connectivity index (χ1) is 12.5. The van der Waals surface area contributed by atoms with Crippen molar-refractivity contribution in [2.75, 3.05) is 7.11 Å². The zero-order chi connectivity index (χ0) is 18.3. The van der Waals surface area contributed by atoms with Gasteiger partial charge in [0.15, 0.2) is 0 Å².